The standard InChI is InChI=1S/C16H16ClNO4S/c1-11-8-9-13(10-15(11)17)18(12(2)16(19)20)23(21,22)14-6-4-3-5-7-14/h3-10,12H,1-2H3,(H,19,20). The number of rotatable bonds is 5. The molecule has 0 aliphatic carbocycles. The molecule has 0 aromatic heterocycles. The molecule has 1 atom stereocenters. The molecular formula is C16H16ClNO4S. The number of carboxylic acid groups (broad SMARTS) is 1. The third-order valence-corrected chi connectivity index (χ3v) is 5.74. The molecule has 2 aromatic carbocycles. The van der Waals surface area contributed by atoms with E-state index in [1.165, 1.54) is 25.1 Å². The predicted molar refractivity (Wildman–Crippen MR) is 89.4 cm³/mol. The maximum atomic E-state index is 12.9. The second kappa shape index (κ2) is 6.60. The number of carbonyl (C=O) groups is 1. The van der Waals surface area contributed by atoms with E-state index in [9.17, 15) is 18.3 Å². The fourth-order valence-corrected chi connectivity index (χ4v) is 3.90. The van der Waals surface area contributed by atoms with Gasteiger partial charge in [0.1, 0.15) is 6.04 Å². The summed E-state index contributed by atoms with van der Waals surface area (Å²) >= 11 is 6.07. The zero-order chi connectivity index (χ0) is 17.2. The van der Waals surface area contributed by atoms with Gasteiger partial charge in [-0.2, -0.15) is 0 Å². The first-order valence-corrected chi connectivity index (χ1v) is 8.65. The van der Waals surface area contributed by atoms with Crippen LogP contribution in [0, 0.1) is 6.92 Å². The van der Waals surface area contributed by atoms with Gasteiger partial charge in [0.25, 0.3) is 10.0 Å². The van der Waals surface area contributed by atoms with E-state index in [-0.39, 0.29) is 10.6 Å². The molecule has 0 bridgehead atoms. The molecule has 1 unspecified atom stereocenters. The largest absolute Gasteiger partial charge is 0.480 e. The van der Waals surface area contributed by atoms with Gasteiger partial charge in [-0.3, -0.25) is 4.31 Å². The molecule has 0 saturated heterocycles. The second-order valence-electron chi connectivity index (χ2n) is 5.06. The van der Waals surface area contributed by atoms with Crippen LogP contribution in [-0.4, -0.2) is 25.5 Å². The molecule has 0 fully saturated rings. The Bertz CT molecular complexity index is 821. The lowest BCUT2D eigenvalue weighted by molar-refractivity contribution is -0.137. The minimum absolute atomic E-state index is 0.0183. The van der Waals surface area contributed by atoms with E-state index in [1.807, 2.05) is 0 Å². The van der Waals surface area contributed by atoms with Crippen molar-refractivity contribution in [3.8, 4) is 0 Å². The number of halogens is 1. The molecule has 0 heterocycles. The van der Waals surface area contributed by atoms with E-state index in [2.05, 4.69) is 0 Å². The number of nitrogens with zero attached hydrogens (tertiary/aromatic N) is 1. The Morgan fingerprint density at radius 3 is 2.30 bits per heavy atom. The Hall–Kier alpha value is -2.05. The Balaban J connectivity index is 2.63. The third kappa shape index (κ3) is 3.48. The highest BCUT2D eigenvalue weighted by Crippen LogP contribution is 2.29. The molecule has 122 valence electrons. The van der Waals surface area contributed by atoms with Gasteiger partial charge in [-0.15, -0.1) is 0 Å². The second-order valence-corrected chi connectivity index (χ2v) is 7.28. The lowest BCUT2D eigenvalue weighted by atomic mass is 10.2. The van der Waals surface area contributed by atoms with Crippen LogP contribution in [-0.2, 0) is 14.8 Å². The van der Waals surface area contributed by atoms with Gasteiger partial charge in [0, 0.05) is 5.02 Å². The van der Waals surface area contributed by atoms with E-state index in [4.69, 9.17) is 11.6 Å². The number of anilines is 1. The molecule has 2 rings (SSSR count). The van der Waals surface area contributed by atoms with Gasteiger partial charge in [0.05, 0.1) is 10.6 Å². The molecule has 2 aromatic rings. The number of benzene rings is 2. The van der Waals surface area contributed by atoms with Gasteiger partial charge in [-0.05, 0) is 43.7 Å². The number of hydrogen-bond donors (Lipinski definition) is 1. The normalized spacial score (nSPS) is 12.7. The molecule has 0 amide bonds. The van der Waals surface area contributed by atoms with Crippen molar-refractivity contribution in [3.63, 3.8) is 0 Å². The summed E-state index contributed by atoms with van der Waals surface area (Å²) in [6.45, 7) is 3.10. The first kappa shape index (κ1) is 17.3. The Labute approximate surface area is 140 Å². The van der Waals surface area contributed by atoms with Crippen LogP contribution in [0.4, 0.5) is 5.69 Å². The summed E-state index contributed by atoms with van der Waals surface area (Å²) in [7, 11) is -4.03. The van der Waals surface area contributed by atoms with Gasteiger partial charge in [0.2, 0.25) is 0 Å². The minimum atomic E-state index is -4.03. The Morgan fingerprint density at radius 1 is 1.17 bits per heavy atom. The molecule has 0 spiro atoms. The van der Waals surface area contributed by atoms with E-state index in [1.54, 1.807) is 37.3 Å². The van der Waals surface area contributed by atoms with Crippen molar-refractivity contribution in [2.45, 2.75) is 24.8 Å². The summed E-state index contributed by atoms with van der Waals surface area (Å²) in [5, 5.41) is 9.68. The third-order valence-electron chi connectivity index (χ3n) is 3.42. The Kier molecular flexibility index (Phi) is 4.97. The summed E-state index contributed by atoms with van der Waals surface area (Å²) < 4.78 is 26.7. The lowest BCUT2D eigenvalue weighted by Gasteiger charge is -2.28. The fraction of sp³-hybridized carbons (Fsp3) is 0.188. The van der Waals surface area contributed by atoms with Crippen molar-refractivity contribution in [1.29, 1.82) is 0 Å². The summed E-state index contributed by atoms with van der Waals surface area (Å²) in [5.41, 5.74) is 0.981. The van der Waals surface area contributed by atoms with E-state index < -0.39 is 22.0 Å². The molecule has 0 aliphatic rings. The quantitative estimate of drug-likeness (QED) is 0.894. The van der Waals surface area contributed by atoms with Crippen LogP contribution in [0.2, 0.25) is 5.02 Å². The average Bonchev–Trinajstić information content (AvgIpc) is 2.51. The number of aliphatic carboxylic acids is 1. The molecule has 5 nitrogen and oxygen atoms in total. The molecule has 0 aliphatic heterocycles. The number of hydrogen-bond acceptors (Lipinski definition) is 3. The highest BCUT2D eigenvalue weighted by molar-refractivity contribution is 7.92. The smallest absolute Gasteiger partial charge is 0.327 e. The van der Waals surface area contributed by atoms with Crippen LogP contribution in [0.5, 0.6) is 0 Å². The summed E-state index contributed by atoms with van der Waals surface area (Å²) in [6, 6.07) is 11.1. The molecule has 0 radical (unpaired) electrons. The first-order valence-electron chi connectivity index (χ1n) is 6.83. The van der Waals surface area contributed by atoms with Crippen molar-refractivity contribution in [1.82, 2.24) is 0 Å². The highest BCUT2D eigenvalue weighted by Gasteiger charge is 2.33. The average molecular weight is 354 g/mol. The molecule has 1 N–H and O–H groups in total. The van der Waals surface area contributed by atoms with Crippen LogP contribution in [0.1, 0.15) is 12.5 Å². The summed E-state index contributed by atoms with van der Waals surface area (Å²) in [5.74, 6) is -1.25. The van der Waals surface area contributed by atoms with E-state index in [0.29, 0.717) is 5.02 Å². The van der Waals surface area contributed by atoms with Crippen molar-refractivity contribution < 1.29 is 18.3 Å². The lowest BCUT2D eigenvalue weighted by Crippen LogP contribution is -2.43. The maximum Gasteiger partial charge on any atom is 0.327 e. The molecule has 23 heavy (non-hydrogen) atoms. The molecule has 0 saturated carbocycles. The van der Waals surface area contributed by atoms with Crippen molar-refractivity contribution in [2.75, 3.05) is 4.31 Å². The molecular weight excluding hydrogens is 338 g/mol. The number of aryl methyl sites for hydroxylation is 1. The van der Waals surface area contributed by atoms with Crippen LogP contribution in [0.3, 0.4) is 0 Å². The maximum absolute atomic E-state index is 12.9. The van der Waals surface area contributed by atoms with Crippen LogP contribution < -0.4 is 4.31 Å². The van der Waals surface area contributed by atoms with Crippen LogP contribution in [0.15, 0.2) is 53.4 Å². The Morgan fingerprint density at radius 2 is 1.78 bits per heavy atom. The zero-order valence-corrected chi connectivity index (χ0v) is 14.2. The van der Waals surface area contributed by atoms with Crippen LogP contribution >= 0.6 is 11.6 Å². The van der Waals surface area contributed by atoms with Crippen LogP contribution in [0.25, 0.3) is 0 Å². The first-order chi connectivity index (χ1) is 10.7. The number of carboxylic acids is 1. The van der Waals surface area contributed by atoms with Gasteiger partial charge in [-0.25, -0.2) is 13.2 Å². The molecule has 7 heteroatoms. The summed E-state index contributed by atoms with van der Waals surface area (Å²) in [4.78, 5) is 11.4. The van der Waals surface area contributed by atoms with Crippen molar-refractivity contribution in [2.24, 2.45) is 0 Å². The zero-order valence-electron chi connectivity index (χ0n) is 12.6. The predicted octanol–water partition coefficient (Wildman–Crippen LogP) is 3.32. The van der Waals surface area contributed by atoms with Gasteiger partial charge in [0.15, 0.2) is 0 Å². The van der Waals surface area contributed by atoms with Crippen molar-refractivity contribution >= 4 is 33.3 Å². The van der Waals surface area contributed by atoms with E-state index >= 15 is 0 Å². The van der Waals surface area contributed by atoms with E-state index in [0.717, 1.165) is 9.87 Å². The highest BCUT2D eigenvalue weighted by atomic mass is 35.5. The van der Waals surface area contributed by atoms with Crippen molar-refractivity contribution in [3.05, 3.63) is 59.1 Å². The number of sulfonamides is 1. The van der Waals surface area contributed by atoms with Gasteiger partial charge >= 0.3 is 5.97 Å². The SMILES string of the molecule is Cc1ccc(N(C(C)C(=O)O)S(=O)(=O)c2ccccc2)cc1Cl. The summed E-state index contributed by atoms with van der Waals surface area (Å²) in [6.07, 6.45) is 0. The van der Waals surface area contributed by atoms with Gasteiger partial charge < -0.3 is 5.11 Å². The fourth-order valence-electron chi connectivity index (χ4n) is 2.10. The topological polar surface area (TPSA) is 74.7 Å². The minimum Gasteiger partial charge on any atom is -0.480 e. The van der Waals surface area contributed by atoms with Gasteiger partial charge in [-0.1, -0.05) is 35.9 Å². The monoisotopic (exact) mass is 353 g/mol.